The van der Waals surface area contributed by atoms with Crippen molar-refractivity contribution in [1.29, 1.82) is 0 Å². The van der Waals surface area contributed by atoms with Crippen LogP contribution in [0, 0.1) is 12.8 Å². The third-order valence-corrected chi connectivity index (χ3v) is 2.93. The Morgan fingerprint density at radius 3 is 2.87 bits per heavy atom. The van der Waals surface area contributed by atoms with Crippen molar-refractivity contribution >= 4 is 0 Å². The summed E-state index contributed by atoms with van der Waals surface area (Å²) in [6, 6.07) is 8.28. The summed E-state index contributed by atoms with van der Waals surface area (Å²) in [5.74, 6) is 1.74. The highest BCUT2D eigenvalue weighted by atomic mass is 16.5. The molecule has 1 saturated heterocycles. The van der Waals surface area contributed by atoms with E-state index >= 15 is 0 Å². The van der Waals surface area contributed by atoms with Gasteiger partial charge in [-0.05, 0) is 56.5 Å². The van der Waals surface area contributed by atoms with E-state index in [9.17, 15) is 0 Å². The molecule has 1 fully saturated rings. The van der Waals surface area contributed by atoms with E-state index < -0.39 is 0 Å². The molecule has 0 bridgehead atoms. The molecule has 0 aliphatic carbocycles. The molecule has 2 nitrogen and oxygen atoms in total. The normalized spacial score (nSPS) is 17.7. The first kappa shape index (κ1) is 10.5. The molecule has 0 radical (unpaired) electrons. The highest BCUT2D eigenvalue weighted by molar-refractivity contribution is 5.27. The summed E-state index contributed by atoms with van der Waals surface area (Å²) in [7, 11) is 0. The Labute approximate surface area is 91.6 Å². The van der Waals surface area contributed by atoms with Gasteiger partial charge in [-0.1, -0.05) is 12.1 Å². The van der Waals surface area contributed by atoms with Crippen molar-refractivity contribution in [2.45, 2.75) is 19.8 Å². The van der Waals surface area contributed by atoms with Gasteiger partial charge in [0.1, 0.15) is 5.75 Å². The van der Waals surface area contributed by atoms with Gasteiger partial charge in [-0.3, -0.25) is 0 Å². The maximum atomic E-state index is 5.80. The smallest absolute Gasteiger partial charge is 0.119 e. The lowest BCUT2D eigenvalue weighted by molar-refractivity contribution is 0.215. The Balaban J connectivity index is 1.81. The predicted octanol–water partition coefficient (Wildman–Crippen LogP) is 2.37. The predicted molar refractivity (Wildman–Crippen MR) is 62.3 cm³/mol. The van der Waals surface area contributed by atoms with E-state index in [-0.39, 0.29) is 0 Å². The molecular weight excluding hydrogens is 186 g/mol. The zero-order chi connectivity index (χ0) is 10.5. The second kappa shape index (κ2) is 5.17. The van der Waals surface area contributed by atoms with Gasteiger partial charge in [0.15, 0.2) is 0 Å². The van der Waals surface area contributed by atoms with Crippen molar-refractivity contribution in [3.05, 3.63) is 29.8 Å². The summed E-state index contributed by atoms with van der Waals surface area (Å²) < 4.78 is 5.80. The molecule has 1 aromatic carbocycles. The molecule has 0 amide bonds. The number of nitrogens with one attached hydrogen (secondary N) is 1. The second-order valence-corrected chi connectivity index (χ2v) is 4.32. The van der Waals surface area contributed by atoms with E-state index in [0.717, 1.165) is 31.4 Å². The van der Waals surface area contributed by atoms with Crippen LogP contribution in [-0.4, -0.2) is 19.7 Å². The van der Waals surface area contributed by atoms with E-state index in [1.807, 2.05) is 12.1 Å². The minimum Gasteiger partial charge on any atom is -0.493 e. The fourth-order valence-electron chi connectivity index (χ4n) is 1.97. The van der Waals surface area contributed by atoms with Gasteiger partial charge in [0, 0.05) is 0 Å². The van der Waals surface area contributed by atoms with Crippen molar-refractivity contribution in [2.75, 3.05) is 19.7 Å². The molecule has 0 aromatic heterocycles. The molecule has 1 aromatic rings. The Morgan fingerprint density at radius 2 is 2.13 bits per heavy atom. The van der Waals surface area contributed by atoms with E-state index in [4.69, 9.17) is 4.74 Å². The monoisotopic (exact) mass is 205 g/mol. The van der Waals surface area contributed by atoms with Crippen LogP contribution in [0.3, 0.4) is 0 Å². The average Bonchev–Trinajstić information content (AvgIpc) is 2.28. The van der Waals surface area contributed by atoms with Crippen LogP contribution < -0.4 is 10.1 Å². The Morgan fingerprint density at radius 1 is 1.33 bits per heavy atom. The summed E-state index contributed by atoms with van der Waals surface area (Å²) >= 11 is 0. The highest BCUT2D eigenvalue weighted by Crippen LogP contribution is 2.16. The van der Waals surface area contributed by atoms with Crippen LogP contribution in [0.15, 0.2) is 24.3 Å². The van der Waals surface area contributed by atoms with Crippen molar-refractivity contribution in [3.8, 4) is 5.75 Å². The van der Waals surface area contributed by atoms with Crippen LogP contribution in [0.25, 0.3) is 0 Å². The molecule has 1 heterocycles. The first-order valence-electron chi connectivity index (χ1n) is 5.75. The van der Waals surface area contributed by atoms with Gasteiger partial charge < -0.3 is 10.1 Å². The Hall–Kier alpha value is -1.02. The first-order valence-corrected chi connectivity index (χ1v) is 5.75. The second-order valence-electron chi connectivity index (χ2n) is 4.32. The van der Waals surface area contributed by atoms with E-state index in [1.54, 1.807) is 0 Å². The number of hydrogen-bond donors (Lipinski definition) is 1. The molecule has 1 N–H and O–H groups in total. The summed E-state index contributed by atoms with van der Waals surface area (Å²) in [5, 5.41) is 3.37. The standard InChI is InChI=1S/C13H19NO/c1-11-3-2-4-13(9-11)15-10-12-5-7-14-8-6-12/h2-4,9,12,14H,5-8,10H2,1H3. The molecule has 2 rings (SSSR count). The summed E-state index contributed by atoms with van der Waals surface area (Å²) in [4.78, 5) is 0. The average molecular weight is 205 g/mol. The van der Waals surface area contributed by atoms with Gasteiger partial charge in [0.2, 0.25) is 0 Å². The molecule has 1 aliphatic rings. The lowest BCUT2D eigenvalue weighted by Gasteiger charge is -2.22. The molecule has 0 saturated carbocycles. The van der Waals surface area contributed by atoms with Gasteiger partial charge >= 0.3 is 0 Å². The number of piperidine rings is 1. The zero-order valence-electron chi connectivity index (χ0n) is 9.33. The molecular formula is C13H19NO. The van der Waals surface area contributed by atoms with Gasteiger partial charge in [-0.2, -0.15) is 0 Å². The topological polar surface area (TPSA) is 21.3 Å². The summed E-state index contributed by atoms with van der Waals surface area (Å²) in [6.07, 6.45) is 2.48. The number of ether oxygens (including phenoxy) is 1. The number of benzene rings is 1. The van der Waals surface area contributed by atoms with Crippen LogP contribution in [0.4, 0.5) is 0 Å². The first-order chi connectivity index (χ1) is 7.34. The van der Waals surface area contributed by atoms with E-state index in [0.29, 0.717) is 0 Å². The highest BCUT2D eigenvalue weighted by Gasteiger charge is 2.13. The quantitative estimate of drug-likeness (QED) is 0.818. The van der Waals surface area contributed by atoms with Crippen molar-refractivity contribution in [3.63, 3.8) is 0 Å². The van der Waals surface area contributed by atoms with Crippen LogP contribution in [0.1, 0.15) is 18.4 Å². The molecule has 15 heavy (non-hydrogen) atoms. The summed E-state index contributed by atoms with van der Waals surface area (Å²) in [5.41, 5.74) is 1.26. The van der Waals surface area contributed by atoms with E-state index in [1.165, 1.54) is 18.4 Å². The minimum atomic E-state index is 0.728. The third kappa shape index (κ3) is 3.24. The number of hydrogen-bond acceptors (Lipinski definition) is 2. The van der Waals surface area contributed by atoms with Gasteiger partial charge in [0.05, 0.1) is 6.61 Å². The molecule has 0 spiro atoms. The number of rotatable bonds is 3. The van der Waals surface area contributed by atoms with Crippen LogP contribution in [0.5, 0.6) is 5.75 Å². The van der Waals surface area contributed by atoms with Gasteiger partial charge in [-0.25, -0.2) is 0 Å². The van der Waals surface area contributed by atoms with Gasteiger partial charge in [0.25, 0.3) is 0 Å². The zero-order valence-corrected chi connectivity index (χ0v) is 9.33. The van der Waals surface area contributed by atoms with Crippen LogP contribution in [-0.2, 0) is 0 Å². The van der Waals surface area contributed by atoms with Crippen molar-refractivity contribution in [2.24, 2.45) is 5.92 Å². The Bertz CT molecular complexity index is 305. The lowest BCUT2D eigenvalue weighted by atomic mass is 9.99. The SMILES string of the molecule is Cc1cccc(OCC2CCNCC2)c1. The van der Waals surface area contributed by atoms with E-state index in [2.05, 4.69) is 24.4 Å². The largest absolute Gasteiger partial charge is 0.493 e. The maximum absolute atomic E-state index is 5.80. The van der Waals surface area contributed by atoms with Crippen LogP contribution >= 0.6 is 0 Å². The fourth-order valence-corrected chi connectivity index (χ4v) is 1.97. The number of aryl methyl sites for hydroxylation is 1. The summed E-state index contributed by atoms with van der Waals surface area (Å²) in [6.45, 7) is 5.24. The van der Waals surface area contributed by atoms with Gasteiger partial charge in [-0.15, -0.1) is 0 Å². The molecule has 0 atom stereocenters. The maximum Gasteiger partial charge on any atom is 0.119 e. The minimum absolute atomic E-state index is 0.728. The molecule has 1 aliphatic heterocycles. The molecule has 82 valence electrons. The van der Waals surface area contributed by atoms with Crippen molar-refractivity contribution in [1.82, 2.24) is 5.32 Å². The molecule has 2 heteroatoms. The Kier molecular flexibility index (Phi) is 3.62. The van der Waals surface area contributed by atoms with Crippen molar-refractivity contribution < 1.29 is 4.74 Å². The third-order valence-electron chi connectivity index (χ3n) is 2.93. The fraction of sp³-hybridized carbons (Fsp3) is 0.538. The lowest BCUT2D eigenvalue weighted by Crippen LogP contribution is -2.30. The molecule has 0 unspecified atom stereocenters. The van der Waals surface area contributed by atoms with Crippen LogP contribution in [0.2, 0.25) is 0 Å².